The number of aromatic amines is 1. The zero-order chi connectivity index (χ0) is 13.1. The number of imidazole rings is 1. The van der Waals surface area contributed by atoms with Gasteiger partial charge in [0.15, 0.2) is 5.79 Å². The van der Waals surface area contributed by atoms with Crippen LogP contribution in [0.2, 0.25) is 0 Å². The summed E-state index contributed by atoms with van der Waals surface area (Å²) in [5.41, 5.74) is 2.88. The van der Waals surface area contributed by atoms with Crippen LogP contribution in [0.3, 0.4) is 0 Å². The smallest absolute Gasteiger partial charge is 0.168 e. The van der Waals surface area contributed by atoms with E-state index in [9.17, 15) is 0 Å². The van der Waals surface area contributed by atoms with Crippen LogP contribution in [0.15, 0.2) is 0 Å². The Labute approximate surface area is 113 Å². The summed E-state index contributed by atoms with van der Waals surface area (Å²) in [6.07, 6.45) is 5.50. The highest BCUT2D eigenvalue weighted by Gasteiger charge is 2.53. The molecule has 1 saturated carbocycles. The number of hydrogen-bond donors (Lipinski definition) is 1. The highest BCUT2D eigenvalue weighted by molar-refractivity contribution is 5.29. The van der Waals surface area contributed by atoms with E-state index in [4.69, 9.17) is 14.5 Å². The molecule has 0 radical (unpaired) electrons. The largest absolute Gasteiger partial charge is 0.348 e. The molecule has 2 fully saturated rings. The van der Waals surface area contributed by atoms with Gasteiger partial charge in [0.05, 0.1) is 18.9 Å². The van der Waals surface area contributed by atoms with Gasteiger partial charge in [-0.05, 0) is 32.1 Å². The Morgan fingerprint density at radius 1 is 1.26 bits per heavy atom. The third kappa shape index (κ3) is 1.62. The van der Waals surface area contributed by atoms with Crippen molar-refractivity contribution in [3.8, 4) is 0 Å². The Morgan fingerprint density at radius 2 is 2.05 bits per heavy atom. The fourth-order valence-electron chi connectivity index (χ4n) is 4.36. The molecule has 1 saturated heterocycles. The van der Waals surface area contributed by atoms with Crippen LogP contribution in [0.4, 0.5) is 0 Å². The zero-order valence-electron chi connectivity index (χ0n) is 11.8. The summed E-state index contributed by atoms with van der Waals surface area (Å²) in [7, 11) is 0. The first kappa shape index (κ1) is 11.9. The van der Waals surface area contributed by atoms with Crippen LogP contribution in [0, 0.1) is 12.8 Å². The second-order valence-corrected chi connectivity index (χ2v) is 6.61. The van der Waals surface area contributed by atoms with Crippen LogP contribution < -0.4 is 0 Å². The van der Waals surface area contributed by atoms with Gasteiger partial charge in [-0.2, -0.15) is 0 Å². The Balaban J connectivity index is 1.69. The quantitative estimate of drug-likeness (QED) is 0.781. The van der Waals surface area contributed by atoms with E-state index in [1.54, 1.807) is 0 Å². The van der Waals surface area contributed by atoms with Crippen molar-refractivity contribution < 1.29 is 9.47 Å². The maximum atomic E-state index is 5.92. The topological polar surface area (TPSA) is 47.1 Å². The molecular weight excluding hydrogens is 240 g/mol. The van der Waals surface area contributed by atoms with Crippen molar-refractivity contribution >= 4 is 0 Å². The molecule has 1 unspecified atom stereocenters. The van der Waals surface area contributed by atoms with E-state index >= 15 is 0 Å². The fraction of sp³-hybridized carbons (Fsp3) is 0.800. The molecule has 1 spiro atoms. The van der Waals surface area contributed by atoms with Gasteiger partial charge in [0.2, 0.25) is 0 Å². The standard InChI is InChI=1S/C15H22N2O2/c1-10-16-12-4-3-11-9-15(18-7-8-19-15)6-5-14(11,2)13(12)17-10/h11H,3-9H2,1-2H3,(H,16,17)/t11?,14-/m0/s1. The van der Waals surface area contributed by atoms with Gasteiger partial charge in [-0.15, -0.1) is 0 Å². The Morgan fingerprint density at radius 3 is 2.84 bits per heavy atom. The minimum absolute atomic E-state index is 0.207. The van der Waals surface area contributed by atoms with Crippen LogP contribution in [-0.2, 0) is 21.3 Å². The minimum atomic E-state index is -0.271. The van der Waals surface area contributed by atoms with Gasteiger partial charge in [-0.25, -0.2) is 4.98 Å². The number of aromatic nitrogens is 2. The lowest BCUT2D eigenvalue weighted by Gasteiger charge is -2.49. The number of aryl methyl sites for hydroxylation is 2. The molecule has 1 N–H and O–H groups in total. The van der Waals surface area contributed by atoms with E-state index in [-0.39, 0.29) is 11.2 Å². The van der Waals surface area contributed by atoms with E-state index in [1.165, 1.54) is 17.8 Å². The Hall–Kier alpha value is -0.870. The normalized spacial score (nSPS) is 36.2. The van der Waals surface area contributed by atoms with Crippen LogP contribution in [0.25, 0.3) is 0 Å². The molecule has 4 heteroatoms. The summed E-state index contributed by atoms with van der Waals surface area (Å²) in [5, 5.41) is 0. The van der Waals surface area contributed by atoms with Gasteiger partial charge in [0, 0.05) is 24.0 Å². The van der Waals surface area contributed by atoms with Gasteiger partial charge in [-0.1, -0.05) is 6.92 Å². The summed E-state index contributed by atoms with van der Waals surface area (Å²) in [5.74, 6) is 1.42. The number of hydrogen-bond acceptors (Lipinski definition) is 3. The molecular formula is C15H22N2O2. The van der Waals surface area contributed by atoms with Gasteiger partial charge in [0.1, 0.15) is 5.82 Å². The Kier molecular flexibility index (Phi) is 2.40. The van der Waals surface area contributed by atoms with Crippen LogP contribution in [0.1, 0.15) is 49.8 Å². The molecule has 1 aromatic heterocycles. The van der Waals surface area contributed by atoms with E-state index in [0.717, 1.165) is 44.7 Å². The highest BCUT2D eigenvalue weighted by atomic mass is 16.7. The molecule has 4 nitrogen and oxygen atoms in total. The molecule has 2 atom stereocenters. The van der Waals surface area contributed by atoms with Gasteiger partial charge < -0.3 is 14.5 Å². The van der Waals surface area contributed by atoms with Crippen molar-refractivity contribution in [3.05, 3.63) is 17.2 Å². The van der Waals surface area contributed by atoms with Crippen molar-refractivity contribution in [2.75, 3.05) is 13.2 Å². The lowest BCUT2D eigenvalue weighted by molar-refractivity contribution is -0.199. The monoisotopic (exact) mass is 262 g/mol. The molecule has 0 amide bonds. The summed E-state index contributed by atoms with van der Waals surface area (Å²) in [4.78, 5) is 8.23. The molecule has 104 valence electrons. The van der Waals surface area contributed by atoms with Crippen molar-refractivity contribution in [1.29, 1.82) is 0 Å². The molecule has 1 aliphatic heterocycles. The molecule has 0 bridgehead atoms. The summed E-state index contributed by atoms with van der Waals surface area (Å²) < 4.78 is 11.8. The van der Waals surface area contributed by atoms with Crippen LogP contribution in [0.5, 0.6) is 0 Å². The maximum absolute atomic E-state index is 5.92. The average Bonchev–Trinajstić information content (AvgIpc) is 2.98. The highest BCUT2D eigenvalue weighted by Crippen LogP contribution is 2.53. The lowest BCUT2D eigenvalue weighted by atomic mass is 9.59. The van der Waals surface area contributed by atoms with E-state index in [2.05, 4.69) is 18.8 Å². The number of H-pyrrole nitrogens is 1. The second-order valence-electron chi connectivity index (χ2n) is 6.61. The van der Waals surface area contributed by atoms with Crippen molar-refractivity contribution in [3.63, 3.8) is 0 Å². The maximum Gasteiger partial charge on any atom is 0.168 e. The number of nitrogens with one attached hydrogen (secondary N) is 1. The lowest BCUT2D eigenvalue weighted by Crippen LogP contribution is -2.49. The third-order valence-corrected chi connectivity index (χ3v) is 5.48. The van der Waals surface area contributed by atoms with Gasteiger partial charge in [0.25, 0.3) is 0 Å². The van der Waals surface area contributed by atoms with E-state index < -0.39 is 0 Å². The number of rotatable bonds is 0. The van der Waals surface area contributed by atoms with Gasteiger partial charge >= 0.3 is 0 Å². The fourth-order valence-corrected chi connectivity index (χ4v) is 4.36. The molecule has 2 aliphatic carbocycles. The minimum Gasteiger partial charge on any atom is -0.348 e. The number of fused-ring (bicyclic) bond motifs is 3. The summed E-state index contributed by atoms with van der Waals surface area (Å²) >= 11 is 0. The van der Waals surface area contributed by atoms with Crippen molar-refractivity contribution in [2.24, 2.45) is 5.92 Å². The summed E-state index contributed by atoms with van der Waals surface area (Å²) in [6.45, 7) is 5.97. The molecule has 2 heterocycles. The first-order valence-electron chi connectivity index (χ1n) is 7.45. The van der Waals surface area contributed by atoms with Gasteiger partial charge in [-0.3, -0.25) is 0 Å². The predicted molar refractivity (Wildman–Crippen MR) is 71.0 cm³/mol. The first-order chi connectivity index (χ1) is 9.11. The van der Waals surface area contributed by atoms with Crippen LogP contribution in [-0.4, -0.2) is 29.0 Å². The average molecular weight is 262 g/mol. The van der Waals surface area contributed by atoms with Crippen LogP contribution >= 0.6 is 0 Å². The van der Waals surface area contributed by atoms with Crippen molar-refractivity contribution in [2.45, 2.75) is 57.2 Å². The molecule has 4 rings (SSSR count). The molecule has 19 heavy (non-hydrogen) atoms. The second kappa shape index (κ2) is 3.83. The number of ether oxygens (including phenoxy) is 2. The number of nitrogens with zero attached hydrogens (tertiary/aromatic N) is 1. The zero-order valence-corrected chi connectivity index (χ0v) is 11.8. The van der Waals surface area contributed by atoms with Crippen molar-refractivity contribution in [1.82, 2.24) is 9.97 Å². The third-order valence-electron chi connectivity index (χ3n) is 5.48. The molecule has 3 aliphatic rings. The SMILES string of the molecule is Cc1nc2c([nH]1)CCC1CC3(CC[C@]21C)OCCO3. The molecule has 0 aromatic carbocycles. The summed E-state index contributed by atoms with van der Waals surface area (Å²) in [6, 6.07) is 0. The first-order valence-corrected chi connectivity index (χ1v) is 7.45. The van der Waals surface area contributed by atoms with E-state index in [1.807, 2.05) is 0 Å². The van der Waals surface area contributed by atoms with E-state index in [0.29, 0.717) is 5.92 Å². The molecule has 1 aromatic rings. The predicted octanol–water partition coefficient (Wildman–Crippen LogP) is 2.47. The Bertz CT molecular complexity index is 504.